The molecule has 1 fully saturated rings. The molecule has 0 radical (unpaired) electrons. The fraction of sp³-hybridized carbons (Fsp3) is 0.340. The van der Waals surface area contributed by atoms with Gasteiger partial charge in [-0.1, -0.05) is 38.4 Å². The topological polar surface area (TPSA) is 115 Å². The maximum absolute atomic E-state index is 15.0. The Labute approximate surface area is 366 Å². The number of benzene rings is 3. The number of carbonyl (C=O) groups is 1. The number of fused-ring (bicyclic) bond motifs is 4. The van der Waals surface area contributed by atoms with E-state index >= 15 is 4.39 Å². The number of pyridine rings is 1. The number of likely N-dealkylation sites (tertiary alicyclic amines) is 1. The molecule has 0 saturated carbocycles. The molecule has 16 heteroatoms. The second-order valence-electron chi connectivity index (χ2n) is 17.5. The summed E-state index contributed by atoms with van der Waals surface area (Å²) in [5, 5.41) is 4.47. The Kier molecular flexibility index (Phi) is 11.3. The number of halogens is 4. The van der Waals surface area contributed by atoms with E-state index in [4.69, 9.17) is 21.6 Å². The molecule has 4 aromatic heterocycles. The molecule has 9 rings (SSSR count). The molecule has 6 heterocycles. The zero-order chi connectivity index (χ0) is 44.2. The normalized spacial score (nSPS) is 15.1. The van der Waals surface area contributed by atoms with Crippen molar-refractivity contribution in [3.63, 3.8) is 0 Å². The Morgan fingerprint density at radius 2 is 1.71 bits per heavy atom. The Balaban J connectivity index is 1.02. The number of imidazole rings is 1. The number of hydrogen-bond acceptors (Lipinski definition) is 8. The molecule has 326 valence electrons. The minimum absolute atomic E-state index is 0.0223. The molecule has 2 aliphatic heterocycles. The number of aryl methyl sites for hydroxylation is 1. The minimum Gasteiger partial charge on any atom is -0.435 e. The van der Waals surface area contributed by atoms with Crippen molar-refractivity contribution < 1.29 is 22.7 Å². The summed E-state index contributed by atoms with van der Waals surface area (Å²) in [4.78, 5) is 47.5. The summed E-state index contributed by atoms with van der Waals surface area (Å²) in [7, 11) is 0. The quantitative estimate of drug-likeness (QED) is 0.145. The number of ether oxygens (including phenoxy) is 1. The number of alkyl halides is 2. The number of nitrogens with zero attached hydrogens (tertiary/aromatic N) is 8. The van der Waals surface area contributed by atoms with Crippen LogP contribution in [0.25, 0.3) is 27.9 Å². The van der Waals surface area contributed by atoms with Crippen LogP contribution in [0.4, 0.5) is 24.8 Å². The maximum Gasteiger partial charge on any atom is 0.387 e. The summed E-state index contributed by atoms with van der Waals surface area (Å²) in [5.41, 5.74) is 6.20. The van der Waals surface area contributed by atoms with E-state index in [1.54, 1.807) is 68.8 Å². The largest absolute Gasteiger partial charge is 0.435 e. The van der Waals surface area contributed by atoms with Crippen molar-refractivity contribution in [2.24, 2.45) is 5.41 Å². The number of aromatic nitrogens is 6. The van der Waals surface area contributed by atoms with Gasteiger partial charge in [-0.15, -0.1) is 0 Å². The molecule has 7 aromatic rings. The lowest BCUT2D eigenvalue weighted by Gasteiger charge is -2.36. The van der Waals surface area contributed by atoms with E-state index in [-0.39, 0.29) is 41.3 Å². The molecule has 12 nitrogen and oxygen atoms in total. The summed E-state index contributed by atoms with van der Waals surface area (Å²) in [6.07, 6.45) is 3.83. The smallest absolute Gasteiger partial charge is 0.387 e. The standard InChI is InChI=1S/C47H47ClF3N9O3/c1-28-40-42(55-45(53-28)54-32-11-15-35(16-12-32)63-44(50)51)60(34-17-21-56(22-18-34)27-47(2,3)4)46(62)59(40)33-13-8-29(9-14-33)43(61)57-23-19-36-37-6-5-20-52-41(37)58(39(36)26-57)25-30-7-10-31(48)24-38(30)49/h5-16,20,24,34,44H,17-19,21-23,25-27H2,1-4H3,(H,53,54,55). The van der Waals surface area contributed by atoms with Crippen molar-refractivity contribution in [1.82, 2.24) is 38.5 Å². The zero-order valence-electron chi connectivity index (χ0n) is 35.4. The van der Waals surface area contributed by atoms with E-state index in [1.807, 2.05) is 23.6 Å². The molecular formula is C47H47ClF3N9O3. The summed E-state index contributed by atoms with van der Waals surface area (Å²) in [6.45, 7) is 9.16. The van der Waals surface area contributed by atoms with Crippen LogP contribution in [0.5, 0.6) is 5.75 Å². The van der Waals surface area contributed by atoms with Gasteiger partial charge >= 0.3 is 12.3 Å². The molecule has 0 bridgehead atoms. The van der Waals surface area contributed by atoms with Crippen LogP contribution >= 0.6 is 11.6 Å². The average Bonchev–Trinajstić information content (AvgIpc) is 3.72. The van der Waals surface area contributed by atoms with E-state index in [1.165, 1.54) is 18.2 Å². The van der Waals surface area contributed by atoms with Crippen molar-refractivity contribution >= 4 is 51.3 Å². The van der Waals surface area contributed by atoms with Gasteiger partial charge in [0, 0.05) is 71.3 Å². The molecule has 2 aliphatic rings. The van der Waals surface area contributed by atoms with Crippen molar-refractivity contribution in [3.05, 3.63) is 134 Å². The van der Waals surface area contributed by atoms with Gasteiger partial charge in [-0.05, 0) is 110 Å². The zero-order valence-corrected chi connectivity index (χ0v) is 36.2. The molecule has 1 saturated heterocycles. The Morgan fingerprint density at radius 1 is 0.968 bits per heavy atom. The third-order valence-corrected chi connectivity index (χ3v) is 12.1. The van der Waals surface area contributed by atoms with Crippen LogP contribution in [0.2, 0.25) is 5.02 Å². The van der Waals surface area contributed by atoms with Crippen LogP contribution in [-0.2, 0) is 19.5 Å². The number of carbonyl (C=O) groups excluding carboxylic acids is 1. The number of amides is 1. The highest BCUT2D eigenvalue weighted by atomic mass is 35.5. The number of nitrogens with one attached hydrogen (secondary N) is 1. The Hall–Kier alpha value is -6.19. The van der Waals surface area contributed by atoms with Crippen molar-refractivity contribution in [2.45, 2.75) is 72.7 Å². The Bertz CT molecular complexity index is 2900. The third-order valence-electron chi connectivity index (χ3n) is 11.9. The van der Waals surface area contributed by atoms with Gasteiger partial charge in [-0.25, -0.2) is 19.2 Å². The van der Waals surface area contributed by atoms with Gasteiger partial charge in [0.25, 0.3) is 5.91 Å². The first-order valence-corrected chi connectivity index (χ1v) is 21.4. The first-order chi connectivity index (χ1) is 30.2. The SMILES string of the molecule is Cc1nc(Nc2ccc(OC(F)F)cc2)nc2c1n(-c1ccc(C(=O)N3CCc4c(n(Cc5ccc(Cl)cc5F)c5ncccc45)C3)cc1)c(=O)n2C1CCN(CC(C)(C)C)CC1. The molecule has 63 heavy (non-hydrogen) atoms. The van der Waals surface area contributed by atoms with Gasteiger partial charge in [0.05, 0.1) is 24.5 Å². The van der Waals surface area contributed by atoms with Crippen molar-refractivity contribution in [3.8, 4) is 11.4 Å². The van der Waals surface area contributed by atoms with Crippen LogP contribution in [0.3, 0.4) is 0 Å². The average molecular weight is 878 g/mol. The molecule has 0 spiro atoms. The van der Waals surface area contributed by atoms with E-state index in [9.17, 15) is 18.4 Å². The highest BCUT2D eigenvalue weighted by molar-refractivity contribution is 6.30. The van der Waals surface area contributed by atoms with Gasteiger partial charge in [0.1, 0.15) is 22.7 Å². The fourth-order valence-corrected chi connectivity index (χ4v) is 9.27. The summed E-state index contributed by atoms with van der Waals surface area (Å²) < 4.78 is 50.5. The van der Waals surface area contributed by atoms with Gasteiger partial charge in [0.2, 0.25) is 5.95 Å². The van der Waals surface area contributed by atoms with Crippen LogP contribution in [0, 0.1) is 18.2 Å². The van der Waals surface area contributed by atoms with Gasteiger partial charge in [-0.3, -0.25) is 13.9 Å². The van der Waals surface area contributed by atoms with Crippen molar-refractivity contribution in [2.75, 3.05) is 31.5 Å². The molecule has 0 aliphatic carbocycles. The lowest BCUT2D eigenvalue weighted by molar-refractivity contribution is -0.0498. The van der Waals surface area contributed by atoms with Crippen LogP contribution in [0.1, 0.15) is 72.5 Å². The molecule has 0 unspecified atom stereocenters. The maximum atomic E-state index is 15.0. The van der Waals surface area contributed by atoms with E-state index in [2.05, 4.69) is 40.7 Å². The molecule has 0 atom stereocenters. The Morgan fingerprint density at radius 3 is 2.41 bits per heavy atom. The molecule has 3 aromatic carbocycles. The van der Waals surface area contributed by atoms with Gasteiger partial charge < -0.3 is 24.4 Å². The van der Waals surface area contributed by atoms with Gasteiger partial charge in [-0.2, -0.15) is 13.8 Å². The number of rotatable bonds is 10. The van der Waals surface area contributed by atoms with Gasteiger partial charge in [0.15, 0.2) is 5.65 Å². The summed E-state index contributed by atoms with van der Waals surface area (Å²) >= 11 is 6.06. The minimum atomic E-state index is -2.94. The first-order valence-electron chi connectivity index (χ1n) is 21.0. The second kappa shape index (κ2) is 16.8. The highest BCUT2D eigenvalue weighted by Gasteiger charge is 2.31. The van der Waals surface area contributed by atoms with Crippen molar-refractivity contribution in [1.29, 1.82) is 0 Å². The third kappa shape index (κ3) is 8.51. The fourth-order valence-electron chi connectivity index (χ4n) is 9.12. The lowest BCUT2D eigenvalue weighted by Crippen LogP contribution is -2.41. The van der Waals surface area contributed by atoms with Crippen LogP contribution < -0.4 is 15.7 Å². The molecule has 1 N–H and O–H groups in total. The predicted molar refractivity (Wildman–Crippen MR) is 237 cm³/mol. The summed E-state index contributed by atoms with van der Waals surface area (Å²) in [5.74, 6) is -0.310. The lowest BCUT2D eigenvalue weighted by atomic mass is 9.94. The van der Waals surface area contributed by atoms with E-state index in [0.29, 0.717) is 63.9 Å². The molecule has 1 amide bonds. The number of anilines is 2. The highest BCUT2D eigenvalue weighted by Crippen LogP contribution is 2.33. The monoisotopic (exact) mass is 877 g/mol. The van der Waals surface area contributed by atoms with Crippen LogP contribution in [-0.4, -0.2) is 77.2 Å². The second-order valence-corrected chi connectivity index (χ2v) is 18.0. The van der Waals surface area contributed by atoms with E-state index in [0.717, 1.165) is 54.8 Å². The molecular weight excluding hydrogens is 831 g/mol. The van der Waals surface area contributed by atoms with E-state index < -0.39 is 12.4 Å². The number of hydrogen-bond donors (Lipinski definition) is 1. The van der Waals surface area contributed by atoms with Crippen LogP contribution in [0.15, 0.2) is 89.9 Å². The first kappa shape index (κ1) is 42.1. The number of piperidine rings is 1. The predicted octanol–water partition coefficient (Wildman–Crippen LogP) is 9.31. The summed E-state index contributed by atoms with van der Waals surface area (Å²) in [6, 6.07) is 21.5.